The van der Waals surface area contributed by atoms with E-state index >= 15 is 0 Å². The molecular weight excluding hydrogens is 244 g/mol. The molecule has 2 rings (SSSR count). The molecule has 1 aliphatic rings. The van der Waals surface area contributed by atoms with Crippen molar-refractivity contribution >= 4 is 17.2 Å². The van der Waals surface area contributed by atoms with Crippen LogP contribution < -0.4 is 5.32 Å². The lowest BCUT2D eigenvalue weighted by Crippen LogP contribution is -2.45. The summed E-state index contributed by atoms with van der Waals surface area (Å²) in [6.07, 6.45) is 4.88. The number of nitrogens with one attached hydrogen (secondary N) is 1. The van der Waals surface area contributed by atoms with E-state index in [0.29, 0.717) is 12.0 Å². The number of thiophene rings is 1. The number of hydrogen-bond donors (Lipinski definition) is 1. The minimum atomic E-state index is 0.0978. The highest BCUT2D eigenvalue weighted by Gasteiger charge is 2.27. The molecule has 3 nitrogen and oxygen atoms in total. The molecule has 18 heavy (non-hydrogen) atoms. The van der Waals surface area contributed by atoms with Gasteiger partial charge in [-0.05, 0) is 44.3 Å². The highest BCUT2D eigenvalue weighted by Crippen LogP contribution is 2.25. The number of amides is 1. The van der Waals surface area contributed by atoms with Crippen LogP contribution in [0.4, 0.5) is 0 Å². The van der Waals surface area contributed by atoms with Crippen LogP contribution >= 0.6 is 11.3 Å². The molecule has 100 valence electrons. The summed E-state index contributed by atoms with van der Waals surface area (Å²) in [5.41, 5.74) is 0. The van der Waals surface area contributed by atoms with Gasteiger partial charge < -0.3 is 10.2 Å². The first-order valence-electron chi connectivity index (χ1n) is 6.66. The van der Waals surface area contributed by atoms with Gasteiger partial charge in [0.25, 0.3) is 5.91 Å². The Morgan fingerprint density at radius 3 is 2.89 bits per heavy atom. The van der Waals surface area contributed by atoms with Crippen molar-refractivity contribution in [2.45, 2.75) is 31.7 Å². The fourth-order valence-electron chi connectivity index (χ4n) is 2.73. The topological polar surface area (TPSA) is 32.3 Å². The van der Waals surface area contributed by atoms with Crippen molar-refractivity contribution in [3.63, 3.8) is 0 Å². The number of hydrogen-bond acceptors (Lipinski definition) is 3. The first-order valence-corrected chi connectivity index (χ1v) is 7.54. The van der Waals surface area contributed by atoms with Crippen LogP contribution in [0.5, 0.6) is 0 Å². The normalized spacial score (nSPS) is 24.2. The minimum absolute atomic E-state index is 0.0978. The molecule has 0 saturated heterocycles. The first kappa shape index (κ1) is 13.6. The van der Waals surface area contributed by atoms with E-state index in [9.17, 15) is 4.79 Å². The van der Waals surface area contributed by atoms with Crippen LogP contribution in [0.1, 0.15) is 35.4 Å². The lowest BCUT2D eigenvalue weighted by atomic mass is 9.84. The molecule has 0 aliphatic heterocycles. The van der Waals surface area contributed by atoms with E-state index in [1.807, 2.05) is 17.5 Å². The maximum Gasteiger partial charge on any atom is 0.261 e. The van der Waals surface area contributed by atoms with Gasteiger partial charge in [0.15, 0.2) is 0 Å². The Kier molecular flexibility index (Phi) is 4.78. The van der Waals surface area contributed by atoms with E-state index < -0.39 is 0 Å². The maximum absolute atomic E-state index is 12.1. The average molecular weight is 266 g/mol. The molecule has 1 aromatic rings. The van der Waals surface area contributed by atoms with Gasteiger partial charge in [0.05, 0.1) is 4.88 Å². The van der Waals surface area contributed by atoms with Crippen LogP contribution in [0.15, 0.2) is 17.5 Å². The summed E-state index contributed by atoms with van der Waals surface area (Å²) in [6.45, 7) is 1.06. The predicted molar refractivity (Wildman–Crippen MR) is 76.1 cm³/mol. The monoisotopic (exact) mass is 266 g/mol. The summed E-state index contributed by atoms with van der Waals surface area (Å²) in [5.74, 6) is 0.693. The van der Waals surface area contributed by atoms with Crippen LogP contribution in [0, 0.1) is 5.92 Å². The molecular formula is C14H22N2OS. The van der Waals surface area contributed by atoms with E-state index in [1.54, 1.807) is 0 Å². The van der Waals surface area contributed by atoms with Gasteiger partial charge in [-0.2, -0.15) is 0 Å². The van der Waals surface area contributed by atoms with Crippen molar-refractivity contribution in [2.24, 2.45) is 5.92 Å². The van der Waals surface area contributed by atoms with Gasteiger partial charge in [-0.15, -0.1) is 11.3 Å². The predicted octanol–water partition coefficient (Wildman–Crippen LogP) is 2.60. The molecule has 2 unspecified atom stereocenters. The zero-order valence-corrected chi connectivity index (χ0v) is 12.0. The molecule has 1 saturated carbocycles. The van der Waals surface area contributed by atoms with Crippen molar-refractivity contribution in [2.75, 3.05) is 20.6 Å². The van der Waals surface area contributed by atoms with Crippen molar-refractivity contribution in [3.05, 3.63) is 22.4 Å². The molecule has 0 spiro atoms. The third-order valence-corrected chi connectivity index (χ3v) is 4.44. The third-order valence-electron chi connectivity index (χ3n) is 3.57. The smallest absolute Gasteiger partial charge is 0.261 e. The lowest BCUT2D eigenvalue weighted by molar-refractivity contribution is 0.0899. The standard InChI is InChI=1S/C14H22N2OS/c1-16(2)10-11-6-3-4-7-12(11)15-14(17)13-8-5-9-18-13/h5,8-9,11-12H,3-4,6-7,10H2,1-2H3,(H,15,17). The third kappa shape index (κ3) is 3.56. The molecule has 1 fully saturated rings. The number of carbonyl (C=O) groups excluding carboxylic acids is 1. The first-order chi connectivity index (χ1) is 8.66. The molecule has 0 radical (unpaired) electrons. The molecule has 2 atom stereocenters. The Balaban J connectivity index is 1.95. The Labute approximate surface area is 113 Å². The van der Waals surface area contributed by atoms with E-state index in [2.05, 4.69) is 24.3 Å². The Morgan fingerprint density at radius 1 is 1.44 bits per heavy atom. The van der Waals surface area contributed by atoms with Gasteiger partial charge in [-0.3, -0.25) is 4.79 Å². The van der Waals surface area contributed by atoms with Crippen molar-refractivity contribution in [1.82, 2.24) is 10.2 Å². The van der Waals surface area contributed by atoms with Crippen LogP contribution in [0.25, 0.3) is 0 Å². The largest absolute Gasteiger partial charge is 0.348 e. The van der Waals surface area contributed by atoms with Gasteiger partial charge in [0.2, 0.25) is 0 Å². The zero-order valence-electron chi connectivity index (χ0n) is 11.2. The second-order valence-electron chi connectivity index (χ2n) is 5.36. The van der Waals surface area contributed by atoms with Crippen molar-refractivity contribution in [1.29, 1.82) is 0 Å². The summed E-state index contributed by atoms with van der Waals surface area (Å²) in [4.78, 5) is 15.1. The molecule has 0 aromatic carbocycles. The molecule has 1 amide bonds. The van der Waals surface area contributed by atoms with Gasteiger partial charge in [0, 0.05) is 12.6 Å². The summed E-state index contributed by atoms with van der Waals surface area (Å²) in [6, 6.07) is 4.16. The summed E-state index contributed by atoms with van der Waals surface area (Å²) < 4.78 is 0. The van der Waals surface area contributed by atoms with Gasteiger partial charge in [-0.25, -0.2) is 0 Å². The van der Waals surface area contributed by atoms with E-state index in [-0.39, 0.29) is 5.91 Å². The zero-order chi connectivity index (χ0) is 13.0. The van der Waals surface area contributed by atoms with Crippen LogP contribution in [0.3, 0.4) is 0 Å². The number of carbonyl (C=O) groups is 1. The highest BCUT2D eigenvalue weighted by atomic mass is 32.1. The number of nitrogens with zero attached hydrogens (tertiary/aromatic N) is 1. The van der Waals surface area contributed by atoms with E-state index in [4.69, 9.17) is 0 Å². The fourth-order valence-corrected chi connectivity index (χ4v) is 3.36. The number of rotatable bonds is 4. The Bertz CT molecular complexity index is 375. The minimum Gasteiger partial charge on any atom is -0.348 e. The van der Waals surface area contributed by atoms with Crippen LogP contribution in [-0.2, 0) is 0 Å². The van der Waals surface area contributed by atoms with Gasteiger partial charge in [-0.1, -0.05) is 18.9 Å². The second-order valence-corrected chi connectivity index (χ2v) is 6.31. The second kappa shape index (κ2) is 6.34. The molecule has 1 N–H and O–H groups in total. The highest BCUT2D eigenvalue weighted by molar-refractivity contribution is 7.12. The molecule has 0 bridgehead atoms. The quantitative estimate of drug-likeness (QED) is 0.908. The van der Waals surface area contributed by atoms with Crippen molar-refractivity contribution < 1.29 is 4.79 Å². The fraction of sp³-hybridized carbons (Fsp3) is 0.643. The van der Waals surface area contributed by atoms with E-state index in [1.165, 1.54) is 30.6 Å². The SMILES string of the molecule is CN(C)CC1CCCCC1NC(=O)c1cccs1. The summed E-state index contributed by atoms with van der Waals surface area (Å²) in [5, 5.41) is 5.17. The molecule has 4 heteroatoms. The average Bonchev–Trinajstić information content (AvgIpc) is 2.84. The molecule has 1 aromatic heterocycles. The molecule has 1 heterocycles. The maximum atomic E-state index is 12.1. The Morgan fingerprint density at radius 2 is 2.22 bits per heavy atom. The van der Waals surface area contributed by atoms with Gasteiger partial charge >= 0.3 is 0 Å². The van der Waals surface area contributed by atoms with Crippen LogP contribution in [0.2, 0.25) is 0 Å². The van der Waals surface area contributed by atoms with E-state index in [0.717, 1.165) is 17.8 Å². The Hall–Kier alpha value is -0.870. The molecule has 1 aliphatic carbocycles. The lowest BCUT2D eigenvalue weighted by Gasteiger charge is -2.33. The summed E-state index contributed by atoms with van der Waals surface area (Å²) >= 11 is 1.51. The van der Waals surface area contributed by atoms with Gasteiger partial charge in [0.1, 0.15) is 0 Å². The summed E-state index contributed by atoms with van der Waals surface area (Å²) in [7, 11) is 4.21. The van der Waals surface area contributed by atoms with Crippen LogP contribution in [-0.4, -0.2) is 37.5 Å². The van der Waals surface area contributed by atoms with Crippen molar-refractivity contribution in [3.8, 4) is 0 Å².